The first kappa shape index (κ1) is 10.8. The van der Waals surface area contributed by atoms with Crippen molar-refractivity contribution in [2.45, 2.75) is 19.3 Å². The minimum atomic E-state index is -0.404. The summed E-state index contributed by atoms with van der Waals surface area (Å²) in [5.74, 6) is 0.0331. The summed E-state index contributed by atoms with van der Waals surface area (Å²) in [6, 6.07) is 1.84. The standard InChI is InChI=1S/C12H15NO3/c1-15-11-9(12(14)16-2)6-7-4-3-5-8(7)10(11)13/h6H,3-5,13H2,1-2H3. The van der Waals surface area contributed by atoms with Gasteiger partial charge in [0.05, 0.1) is 19.9 Å². The van der Waals surface area contributed by atoms with Crippen molar-refractivity contribution < 1.29 is 14.3 Å². The van der Waals surface area contributed by atoms with Gasteiger partial charge in [0.15, 0.2) is 5.75 Å². The van der Waals surface area contributed by atoms with Gasteiger partial charge >= 0.3 is 5.97 Å². The maximum Gasteiger partial charge on any atom is 0.341 e. The molecule has 16 heavy (non-hydrogen) atoms. The summed E-state index contributed by atoms with van der Waals surface area (Å²) >= 11 is 0. The zero-order valence-electron chi connectivity index (χ0n) is 9.50. The third kappa shape index (κ3) is 1.50. The first-order valence-electron chi connectivity index (χ1n) is 5.25. The Labute approximate surface area is 94.3 Å². The Morgan fingerprint density at radius 2 is 2.12 bits per heavy atom. The summed E-state index contributed by atoms with van der Waals surface area (Å²) in [6.45, 7) is 0. The van der Waals surface area contributed by atoms with Gasteiger partial charge in [0, 0.05) is 0 Å². The molecular weight excluding hydrogens is 206 g/mol. The molecule has 0 aromatic heterocycles. The monoisotopic (exact) mass is 221 g/mol. The van der Waals surface area contributed by atoms with Gasteiger partial charge in [0.2, 0.25) is 0 Å². The predicted molar refractivity (Wildman–Crippen MR) is 60.8 cm³/mol. The molecule has 0 unspecified atom stereocenters. The van der Waals surface area contributed by atoms with Crippen LogP contribution in [-0.2, 0) is 17.6 Å². The molecule has 0 bridgehead atoms. The number of benzene rings is 1. The molecule has 1 aliphatic rings. The SMILES string of the molecule is COC(=O)c1cc2c(c(N)c1OC)CCC2. The van der Waals surface area contributed by atoms with Crippen molar-refractivity contribution in [2.75, 3.05) is 20.0 Å². The van der Waals surface area contributed by atoms with Crippen molar-refractivity contribution in [3.63, 3.8) is 0 Å². The lowest BCUT2D eigenvalue weighted by Crippen LogP contribution is -2.08. The highest BCUT2D eigenvalue weighted by molar-refractivity contribution is 5.95. The van der Waals surface area contributed by atoms with Gasteiger partial charge < -0.3 is 15.2 Å². The van der Waals surface area contributed by atoms with E-state index >= 15 is 0 Å². The average Bonchev–Trinajstić information content (AvgIpc) is 2.76. The lowest BCUT2D eigenvalue weighted by atomic mass is 10.0. The van der Waals surface area contributed by atoms with Gasteiger partial charge in [-0.1, -0.05) is 0 Å². The number of carbonyl (C=O) groups excluding carboxylic acids is 1. The molecule has 4 nitrogen and oxygen atoms in total. The zero-order chi connectivity index (χ0) is 11.7. The van der Waals surface area contributed by atoms with E-state index in [2.05, 4.69) is 0 Å². The first-order chi connectivity index (χ1) is 7.69. The maximum absolute atomic E-state index is 11.6. The smallest absolute Gasteiger partial charge is 0.341 e. The number of ether oxygens (including phenoxy) is 2. The molecule has 0 radical (unpaired) electrons. The number of rotatable bonds is 2. The van der Waals surface area contributed by atoms with Crippen LogP contribution in [0.1, 0.15) is 27.9 Å². The molecule has 2 rings (SSSR count). The summed E-state index contributed by atoms with van der Waals surface area (Å²) in [4.78, 5) is 11.6. The van der Waals surface area contributed by atoms with Crippen molar-refractivity contribution in [3.05, 3.63) is 22.8 Å². The number of nitrogen functional groups attached to an aromatic ring is 1. The molecule has 0 saturated heterocycles. The van der Waals surface area contributed by atoms with Gasteiger partial charge in [0.25, 0.3) is 0 Å². The molecule has 86 valence electrons. The van der Waals surface area contributed by atoms with Crippen LogP contribution in [0.15, 0.2) is 6.07 Å². The summed E-state index contributed by atoms with van der Waals surface area (Å²) in [7, 11) is 2.87. The van der Waals surface area contributed by atoms with Crippen LogP contribution < -0.4 is 10.5 Å². The van der Waals surface area contributed by atoms with E-state index in [0.717, 1.165) is 30.4 Å². The Hall–Kier alpha value is -1.71. The summed E-state index contributed by atoms with van der Waals surface area (Å²) in [5.41, 5.74) is 9.26. The molecule has 0 fully saturated rings. The number of carbonyl (C=O) groups is 1. The van der Waals surface area contributed by atoms with E-state index in [1.54, 1.807) is 0 Å². The summed E-state index contributed by atoms with van der Waals surface area (Å²) in [5, 5.41) is 0. The molecule has 1 aromatic rings. The molecule has 2 N–H and O–H groups in total. The van der Waals surface area contributed by atoms with Crippen molar-refractivity contribution in [1.82, 2.24) is 0 Å². The van der Waals surface area contributed by atoms with Gasteiger partial charge in [-0.15, -0.1) is 0 Å². The molecule has 0 aliphatic heterocycles. The number of hydrogen-bond acceptors (Lipinski definition) is 4. The number of methoxy groups -OCH3 is 2. The van der Waals surface area contributed by atoms with Crippen LogP contribution in [0.25, 0.3) is 0 Å². The Morgan fingerprint density at radius 1 is 1.38 bits per heavy atom. The highest BCUT2D eigenvalue weighted by Crippen LogP contribution is 2.37. The zero-order valence-corrected chi connectivity index (χ0v) is 9.50. The first-order valence-corrected chi connectivity index (χ1v) is 5.25. The van der Waals surface area contributed by atoms with E-state index in [1.165, 1.54) is 14.2 Å². The van der Waals surface area contributed by atoms with Crippen molar-refractivity contribution in [1.29, 1.82) is 0 Å². The molecule has 1 aliphatic carbocycles. The summed E-state index contributed by atoms with van der Waals surface area (Å²) in [6.07, 6.45) is 3.00. The van der Waals surface area contributed by atoms with Gasteiger partial charge in [-0.05, 0) is 36.5 Å². The highest BCUT2D eigenvalue weighted by Gasteiger charge is 2.23. The molecular formula is C12H15NO3. The lowest BCUT2D eigenvalue weighted by molar-refractivity contribution is 0.0597. The quantitative estimate of drug-likeness (QED) is 0.608. The molecule has 0 atom stereocenters. The number of fused-ring (bicyclic) bond motifs is 1. The van der Waals surface area contributed by atoms with Crippen molar-refractivity contribution >= 4 is 11.7 Å². The highest BCUT2D eigenvalue weighted by atomic mass is 16.5. The number of hydrogen-bond donors (Lipinski definition) is 1. The Bertz CT molecular complexity index is 440. The Kier molecular flexibility index (Phi) is 2.73. The van der Waals surface area contributed by atoms with E-state index in [0.29, 0.717) is 17.0 Å². The molecule has 4 heteroatoms. The second-order valence-electron chi connectivity index (χ2n) is 3.85. The van der Waals surface area contributed by atoms with E-state index in [-0.39, 0.29) is 0 Å². The minimum Gasteiger partial charge on any atom is -0.494 e. The third-order valence-electron chi connectivity index (χ3n) is 3.00. The van der Waals surface area contributed by atoms with Crippen LogP contribution in [0.5, 0.6) is 5.75 Å². The Balaban J connectivity index is 2.61. The van der Waals surface area contributed by atoms with E-state index in [9.17, 15) is 4.79 Å². The second-order valence-corrected chi connectivity index (χ2v) is 3.85. The fraction of sp³-hybridized carbons (Fsp3) is 0.417. The van der Waals surface area contributed by atoms with Crippen LogP contribution >= 0.6 is 0 Å². The second kappa shape index (κ2) is 4.04. The average molecular weight is 221 g/mol. The van der Waals surface area contributed by atoms with E-state index in [4.69, 9.17) is 15.2 Å². The number of esters is 1. The van der Waals surface area contributed by atoms with Gasteiger partial charge in [-0.3, -0.25) is 0 Å². The Morgan fingerprint density at radius 3 is 2.75 bits per heavy atom. The predicted octanol–water partition coefficient (Wildman–Crippen LogP) is 1.55. The normalized spacial score (nSPS) is 13.4. The molecule has 0 heterocycles. The lowest BCUT2D eigenvalue weighted by Gasteiger charge is -2.13. The van der Waals surface area contributed by atoms with Crippen LogP contribution in [0.2, 0.25) is 0 Å². The third-order valence-corrected chi connectivity index (χ3v) is 3.00. The maximum atomic E-state index is 11.6. The van der Waals surface area contributed by atoms with Crippen LogP contribution in [0.3, 0.4) is 0 Å². The van der Waals surface area contributed by atoms with Gasteiger partial charge in [-0.25, -0.2) is 4.79 Å². The van der Waals surface area contributed by atoms with E-state index < -0.39 is 5.97 Å². The van der Waals surface area contributed by atoms with Gasteiger partial charge in [-0.2, -0.15) is 0 Å². The fourth-order valence-corrected chi connectivity index (χ4v) is 2.24. The molecule has 1 aromatic carbocycles. The largest absolute Gasteiger partial charge is 0.494 e. The number of anilines is 1. The number of aryl methyl sites for hydroxylation is 1. The van der Waals surface area contributed by atoms with Gasteiger partial charge in [0.1, 0.15) is 5.56 Å². The number of nitrogens with two attached hydrogens (primary N) is 1. The fourth-order valence-electron chi connectivity index (χ4n) is 2.24. The minimum absolute atomic E-state index is 0.404. The molecule has 0 saturated carbocycles. The van der Waals surface area contributed by atoms with Crippen LogP contribution in [0, 0.1) is 0 Å². The van der Waals surface area contributed by atoms with E-state index in [1.807, 2.05) is 6.07 Å². The van der Waals surface area contributed by atoms with Crippen LogP contribution in [-0.4, -0.2) is 20.2 Å². The van der Waals surface area contributed by atoms with Crippen LogP contribution in [0.4, 0.5) is 5.69 Å². The van der Waals surface area contributed by atoms with Crippen molar-refractivity contribution in [2.24, 2.45) is 0 Å². The topological polar surface area (TPSA) is 61.5 Å². The molecule has 0 spiro atoms. The van der Waals surface area contributed by atoms with Crippen molar-refractivity contribution in [3.8, 4) is 5.75 Å². The summed E-state index contributed by atoms with van der Waals surface area (Å²) < 4.78 is 9.92. The molecule has 0 amide bonds.